The van der Waals surface area contributed by atoms with Crippen molar-refractivity contribution in [2.45, 2.75) is 19.4 Å². The van der Waals surface area contributed by atoms with E-state index in [0.29, 0.717) is 0 Å². The Hall–Kier alpha value is -2.33. The van der Waals surface area contributed by atoms with E-state index in [1.54, 1.807) is 11.3 Å². The van der Waals surface area contributed by atoms with E-state index in [4.69, 9.17) is 0 Å². The maximum absolute atomic E-state index is 12.9. The van der Waals surface area contributed by atoms with Gasteiger partial charge in [0.05, 0.1) is 6.04 Å². The lowest BCUT2D eigenvalue weighted by Gasteiger charge is -2.33. The normalized spacial score (nSPS) is 17.1. The smallest absolute Gasteiger partial charge is 0.254 e. The van der Waals surface area contributed by atoms with Crippen LogP contribution < -0.4 is 0 Å². The quantitative estimate of drug-likeness (QED) is 0.690. The molecule has 0 aliphatic carbocycles. The van der Waals surface area contributed by atoms with Crippen LogP contribution in [0.3, 0.4) is 0 Å². The molecule has 116 valence electrons. The second-order valence-corrected chi connectivity index (χ2v) is 6.86. The third-order valence-electron chi connectivity index (χ3n) is 4.55. The topological polar surface area (TPSA) is 25.2 Å². The van der Waals surface area contributed by atoms with Crippen molar-refractivity contribution in [3.63, 3.8) is 0 Å². The molecule has 1 atom stereocenters. The van der Waals surface area contributed by atoms with Gasteiger partial charge in [0.1, 0.15) is 0 Å². The van der Waals surface area contributed by atoms with Crippen LogP contribution >= 0.6 is 11.3 Å². The van der Waals surface area contributed by atoms with Crippen molar-refractivity contribution >= 4 is 17.2 Å². The number of rotatable bonds is 2. The Kier molecular flexibility index (Phi) is 3.54. The Morgan fingerprint density at radius 2 is 1.87 bits per heavy atom. The molecule has 1 aromatic carbocycles. The maximum atomic E-state index is 12.9. The largest absolute Gasteiger partial charge is 0.331 e. The van der Waals surface area contributed by atoms with E-state index in [2.05, 4.69) is 18.4 Å². The van der Waals surface area contributed by atoms with E-state index in [-0.39, 0.29) is 11.9 Å². The molecule has 2 aromatic heterocycles. The summed E-state index contributed by atoms with van der Waals surface area (Å²) in [6, 6.07) is 14.1. The van der Waals surface area contributed by atoms with E-state index in [1.807, 2.05) is 58.3 Å². The minimum Gasteiger partial charge on any atom is -0.331 e. The van der Waals surface area contributed by atoms with Gasteiger partial charge in [0.15, 0.2) is 0 Å². The second-order valence-electron chi connectivity index (χ2n) is 5.86. The molecule has 0 saturated carbocycles. The van der Waals surface area contributed by atoms with Crippen molar-refractivity contribution < 1.29 is 4.79 Å². The van der Waals surface area contributed by atoms with Gasteiger partial charge in [-0.1, -0.05) is 0 Å². The molecule has 1 amide bonds. The SMILES string of the molecule is C[C@H]1c2ccsc2CCN1C(=O)c1ccc(-n2cccc2)cc1. The molecule has 0 unspecified atom stereocenters. The van der Waals surface area contributed by atoms with Gasteiger partial charge >= 0.3 is 0 Å². The van der Waals surface area contributed by atoms with Crippen molar-refractivity contribution in [3.05, 3.63) is 76.2 Å². The summed E-state index contributed by atoms with van der Waals surface area (Å²) >= 11 is 1.80. The summed E-state index contributed by atoms with van der Waals surface area (Å²) in [5, 5.41) is 2.13. The number of nitrogens with zero attached hydrogens (tertiary/aromatic N) is 2. The highest BCUT2D eigenvalue weighted by Crippen LogP contribution is 2.33. The van der Waals surface area contributed by atoms with Crippen LogP contribution in [0.1, 0.15) is 33.8 Å². The van der Waals surface area contributed by atoms with Crippen LogP contribution in [0.15, 0.2) is 60.2 Å². The predicted octanol–water partition coefficient (Wildman–Crippen LogP) is 4.30. The first-order valence-corrected chi connectivity index (χ1v) is 8.72. The molecule has 4 heteroatoms. The Morgan fingerprint density at radius 1 is 1.13 bits per heavy atom. The van der Waals surface area contributed by atoms with Gasteiger partial charge in [-0.25, -0.2) is 0 Å². The number of thiophene rings is 1. The molecule has 0 spiro atoms. The van der Waals surface area contributed by atoms with Gasteiger partial charge < -0.3 is 9.47 Å². The Balaban J connectivity index is 1.58. The average Bonchev–Trinajstić information content (AvgIpc) is 3.27. The van der Waals surface area contributed by atoms with Crippen LogP contribution in [-0.2, 0) is 6.42 Å². The molecule has 23 heavy (non-hydrogen) atoms. The van der Waals surface area contributed by atoms with E-state index in [0.717, 1.165) is 24.2 Å². The molecule has 3 nitrogen and oxygen atoms in total. The number of hydrogen-bond acceptors (Lipinski definition) is 2. The minimum absolute atomic E-state index is 0.119. The highest BCUT2D eigenvalue weighted by atomic mass is 32.1. The summed E-state index contributed by atoms with van der Waals surface area (Å²) < 4.78 is 2.04. The zero-order valence-electron chi connectivity index (χ0n) is 13.0. The van der Waals surface area contributed by atoms with Crippen LogP contribution in [0.2, 0.25) is 0 Å². The third-order valence-corrected chi connectivity index (χ3v) is 5.55. The zero-order valence-corrected chi connectivity index (χ0v) is 13.8. The third kappa shape index (κ3) is 2.49. The fraction of sp³-hybridized carbons (Fsp3) is 0.211. The van der Waals surface area contributed by atoms with Gasteiger partial charge in [0, 0.05) is 35.1 Å². The van der Waals surface area contributed by atoms with Gasteiger partial charge in [-0.2, -0.15) is 0 Å². The number of hydrogen-bond donors (Lipinski definition) is 0. The van der Waals surface area contributed by atoms with Crippen molar-refractivity contribution in [2.24, 2.45) is 0 Å². The fourth-order valence-electron chi connectivity index (χ4n) is 3.24. The number of fused-ring (bicyclic) bond motifs is 1. The number of benzene rings is 1. The molecule has 3 heterocycles. The molecule has 0 fully saturated rings. The first-order chi connectivity index (χ1) is 11.2. The maximum Gasteiger partial charge on any atom is 0.254 e. The lowest BCUT2D eigenvalue weighted by molar-refractivity contribution is 0.0679. The minimum atomic E-state index is 0.119. The summed E-state index contributed by atoms with van der Waals surface area (Å²) in [5.74, 6) is 0.119. The van der Waals surface area contributed by atoms with Crippen molar-refractivity contribution in [2.75, 3.05) is 6.54 Å². The molecule has 0 bridgehead atoms. The zero-order chi connectivity index (χ0) is 15.8. The van der Waals surface area contributed by atoms with Crippen LogP contribution in [0.4, 0.5) is 0 Å². The van der Waals surface area contributed by atoms with Crippen molar-refractivity contribution in [3.8, 4) is 5.69 Å². The Labute approximate surface area is 139 Å². The Bertz CT molecular complexity index is 817. The van der Waals surface area contributed by atoms with Gasteiger partial charge in [-0.15, -0.1) is 11.3 Å². The molecule has 3 aromatic rings. The standard InChI is InChI=1S/C19H18N2OS/c1-14-17-9-13-23-18(17)8-12-21(14)19(22)15-4-6-16(7-5-15)20-10-2-3-11-20/h2-7,9-11,13-14H,8,12H2,1H3/t14-/m0/s1. The lowest BCUT2D eigenvalue weighted by atomic mass is 10.0. The fourth-order valence-corrected chi connectivity index (χ4v) is 4.20. The summed E-state index contributed by atoms with van der Waals surface area (Å²) in [7, 11) is 0. The first-order valence-electron chi connectivity index (χ1n) is 7.84. The van der Waals surface area contributed by atoms with Crippen molar-refractivity contribution in [1.29, 1.82) is 0 Å². The van der Waals surface area contributed by atoms with Crippen molar-refractivity contribution in [1.82, 2.24) is 9.47 Å². The predicted molar refractivity (Wildman–Crippen MR) is 93.2 cm³/mol. The van der Waals surface area contributed by atoms with Gasteiger partial charge in [0.25, 0.3) is 5.91 Å². The molecular formula is C19H18N2OS. The van der Waals surface area contributed by atoms with E-state index in [1.165, 1.54) is 10.4 Å². The highest BCUT2D eigenvalue weighted by Gasteiger charge is 2.28. The molecule has 0 N–H and O–H groups in total. The van der Waals surface area contributed by atoms with Gasteiger partial charge in [-0.05, 0) is 66.8 Å². The molecule has 4 rings (SSSR count). The summed E-state index contributed by atoms with van der Waals surface area (Å²) in [6.45, 7) is 2.92. The van der Waals surface area contributed by atoms with Crippen LogP contribution in [0.25, 0.3) is 5.69 Å². The molecular weight excluding hydrogens is 304 g/mol. The lowest BCUT2D eigenvalue weighted by Crippen LogP contribution is -2.38. The van der Waals surface area contributed by atoms with Crippen LogP contribution in [-0.4, -0.2) is 21.9 Å². The molecule has 0 radical (unpaired) electrons. The number of carbonyl (C=O) groups is 1. The van der Waals surface area contributed by atoms with E-state index >= 15 is 0 Å². The summed E-state index contributed by atoms with van der Waals surface area (Å²) in [6.07, 6.45) is 4.97. The number of aromatic nitrogens is 1. The molecule has 1 aliphatic rings. The molecule has 1 aliphatic heterocycles. The molecule has 0 saturated heterocycles. The van der Waals surface area contributed by atoms with E-state index in [9.17, 15) is 4.79 Å². The monoisotopic (exact) mass is 322 g/mol. The number of amides is 1. The second kappa shape index (κ2) is 5.70. The average molecular weight is 322 g/mol. The summed E-state index contributed by atoms with van der Waals surface area (Å²) in [4.78, 5) is 16.3. The number of carbonyl (C=O) groups excluding carboxylic acids is 1. The first kappa shape index (κ1) is 14.3. The van der Waals surface area contributed by atoms with E-state index < -0.39 is 0 Å². The Morgan fingerprint density at radius 3 is 2.61 bits per heavy atom. The van der Waals surface area contributed by atoms with Crippen LogP contribution in [0, 0.1) is 0 Å². The van der Waals surface area contributed by atoms with Gasteiger partial charge in [0.2, 0.25) is 0 Å². The van der Waals surface area contributed by atoms with Gasteiger partial charge in [-0.3, -0.25) is 4.79 Å². The highest BCUT2D eigenvalue weighted by molar-refractivity contribution is 7.10. The van der Waals surface area contributed by atoms with Crippen LogP contribution in [0.5, 0.6) is 0 Å². The summed E-state index contributed by atoms with van der Waals surface area (Å²) in [5.41, 5.74) is 3.13.